The number of phenols is 1. The van der Waals surface area contributed by atoms with Gasteiger partial charge >= 0.3 is 0 Å². The van der Waals surface area contributed by atoms with Crippen LogP contribution in [0.25, 0.3) is 4.85 Å². The first kappa shape index (κ1) is 21.6. The minimum absolute atomic E-state index is 0.0315. The van der Waals surface area contributed by atoms with Gasteiger partial charge in [0.1, 0.15) is 11.4 Å². The van der Waals surface area contributed by atoms with Crippen LogP contribution in [0.15, 0.2) is 51.4 Å². The van der Waals surface area contributed by atoms with Gasteiger partial charge in [0.2, 0.25) is 5.69 Å². The molecule has 2 aromatic carbocycles. The van der Waals surface area contributed by atoms with Gasteiger partial charge in [-0.05, 0) is 31.0 Å². The highest BCUT2D eigenvalue weighted by atomic mass is 16.3. The van der Waals surface area contributed by atoms with Gasteiger partial charge in [0.05, 0.1) is 23.4 Å². The first-order chi connectivity index (χ1) is 15.8. The molecule has 1 aromatic heterocycles. The fourth-order valence-electron chi connectivity index (χ4n) is 3.87. The third-order valence-corrected chi connectivity index (χ3v) is 5.47. The number of nitrogens with zero attached hydrogens (tertiary/aromatic N) is 4. The quantitative estimate of drug-likeness (QED) is 0.349. The number of azo groups is 1. The number of rotatable bonds is 4. The Labute approximate surface area is 188 Å². The highest BCUT2D eigenvalue weighted by molar-refractivity contribution is 6.30. The van der Waals surface area contributed by atoms with Crippen LogP contribution in [0.4, 0.5) is 17.1 Å². The lowest BCUT2D eigenvalue weighted by Gasteiger charge is -2.19. The smallest absolute Gasteiger partial charge is 0.279 e. The summed E-state index contributed by atoms with van der Waals surface area (Å²) in [5.74, 6) is -1.77. The summed E-state index contributed by atoms with van der Waals surface area (Å²) in [6, 6.07) is 8.76. The second-order valence-electron chi connectivity index (χ2n) is 7.47. The average molecular weight is 442 g/mol. The van der Waals surface area contributed by atoms with Crippen LogP contribution in [0.3, 0.4) is 0 Å². The van der Waals surface area contributed by atoms with Gasteiger partial charge in [-0.2, -0.15) is 0 Å². The van der Waals surface area contributed by atoms with Crippen LogP contribution in [-0.2, 0) is 6.54 Å². The van der Waals surface area contributed by atoms with Crippen molar-refractivity contribution in [1.82, 2.24) is 4.57 Å². The molecule has 0 atom stereocenters. The largest absolute Gasteiger partial charge is 0.507 e. The van der Waals surface area contributed by atoms with E-state index >= 15 is 0 Å². The van der Waals surface area contributed by atoms with Gasteiger partial charge in [0.25, 0.3) is 5.56 Å². The Morgan fingerprint density at radius 1 is 0.970 bits per heavy atom. The van der Waals surface area contributed by atoms with Crippen molar-refractivity contribution >= 4 is 28.6 Å². The molecule has 2 N–H and O–H groups in total. The molecule has 3 aromatic rings. The molecule has 0 fully saturated rings. The number of hydrogen-bond donors (Lipinski definition) is 2. The van der Waals surface area contributed by atoms with E-state index in [1.807, 2.05) is 6.92 Å². The first-order valence-corrected chi connectivity index (χ1v) is 10.1. The molecule has 9 nitrogen and oxygen atoms in total. The lowest BCUT2D eigenvalue weighted by atomic mass is 9.83. The molecule has 0 aliphatic heterocycles. The summed E-state index contributed by atoms with van der Waals surface area (Å²) in [6.45, 7) is 10.8. The Hall–Kier alpha value is -4.58. The highest BCUT2D eigenvalue weighted by Crippen LogP contribution is 2.38. The number of ketones is 2. The molecule has 9 heteroatoms. The van der Waals surface area contributed by atoms with Crippen molar-refractivity contribution in [2.75, 3.05) is 0 Å². The van der Waals surface area contributed by atoms with Crippen molar-refractivity contribution in [2.45, 2.75) is 26.8 Å². The van der Waals surface area contributed by atoms with Gasteiger partial charge in [-0.1, -0.05) is 31.2 Å². The zero-order chi connectivity index (χ0) is 23.9. The molecule has 0 amide bonds. The van der Waals surface area contributed by atoms with E-state index in [1.165, 1.54) is 43.3 Å². The van der Waals surface area contributed by atoms with Crippen LogP contribution in [0.1, 0.15) is 50.8 Å². The van der Waals surface area contributed by atoms with E-state index in [0.717, 1.165) is 4.57 Å². The standard InChI is InChI=1S/C24H18N4O5/c1-4-11-28-23(32)19(25-3)12(2)20(24(28)33)27-26-15-9-5-7-13-17(15)22(31)18-14(21(13)30)8-6-10-16(18)29/h5-10,29,32H,4,11H2,1-2H3. The van der Waals surface area contributed by atoms with Crippen molar-refractivity contribution in [3.63, 3.8) is 0 Å². The second-order valence-corrected chi connectivity index (χ2v) is 7.47. The van der Waals surface area contributed by atoms with Gasteiger partial charge in [-0.25, -0.2) is 4.85 Å². The van der Waals surface area contributed by atoms with Crippen molar-refractivity contribution in [2.24, 2.45) is 10.2 Å². The number of aromatic hydroxyl groups is 2. The molecule has 1 heterocycles. The summed E-state index contributed by atoms with van der Waals surface area (Å²) in [5.41, 5.74) is -0.632. The molecule has 0 saturated carbocycles. The van der Waals surface area contributed by atoms with E-state index in [2.05, 4.69) is 15.1 Å². The number of pyridine rings is 1. The third-order valence-electron chi connectivity index (χ3n) is 5.47. The molecule has 164 valence electrons. The van der Waals surface area contributed by atoms with E-state index in [1.54, 1.807) is 0 Å². The molecule has 1 aliphatic carbocycles. The number of benzene rings is 2. The molecular formula is C24H18N4O5. The summed E-state index contributed by atoms with van der Waals surface area (Å²) < 4.78 is 1.05. The summed E-state index contributed by atoms with van der Waals surface area (Å²) in [4.78, 5) is 42.3. The van der Waals surface area contributed by atoms with Gasteiger partial charge in [-0.15, -0.1) is 10.2 Å². The number of carbonyl (C=O) groups is 2. The monoisotopic (exact) mass is 442 g/mol. The summed E-state index contributed by atoms with van der Waals surface area (Å²) in [5, 5.41) is 28.6. The molecule has 0 unspecified atom stereocenters. The van der Waals surface area contributed by atoms with Gasteiger partial charge in [-0.3, -0.25) is 19.0 Å². The van der Waals surface area contributed by atoms with Crippen LogP contribution in [0.5, 0.6) is 11.6 Å². The zero-order valence-electron chi connectivity index (χ0n) is 17.8. The lowest BCUT2D eigenvalue weighted by molar-refractivity contribution is 0.0977. The van der Waals surface area contributed by atoms with Crippen LogP contribution >= 0.6 is 0 Å². The molecule has 0 bridgehead atoms. The number of aromatic nitrogens is 1. The van der Waals surface area contributed by atoms with Crippen LogP contribution in [-0.4, -0.2) is 26.3 Å². The molecular weight excluding hydrogens is 424 g/mol. The third kappa shape index (κ3) is 3.29. The van der Waals surface area contributed by atoms with Gasteiger partial charge in [0.15, 0.2) is 17.4 Å². The Morgan fingerprint density at radius 3 is 2.30 bits per heavy atom. The zero-order valence-corrected chi connectivity index (χ0v) is 17.8. The minimum Gasteiger partial charge on any atom is -0.507 e. The van der Waals surface area contributed by atoms with Gasteiger partial charge in [0, 0.05) is 17.7 Å². The van der Waals surface area contributed by atoms with Crippen LogP contribution in [0.2, 0.25) is 0 Å². The van der Waals surface area contributed by atoms with E-state index in [9.17, 15) is 24.6 Å². The summed E-state index contributed by atoms with van der Waals surface area (Å²) >= 11 is 0. The molecule has 0 spiro atoms. The fraction of sp³-hybridized carbons (Fsp3) is 0.167. The Kier molecular flexibility index (Phi) is 5.35. The highest BCUT2D eigenvalue weighted by Gasteiger charge is 2.33. The van der Waals surface area contributed by atoms with E-state index < -0.39 is 23.0 Å². The maximum Gasteiger partial charge on any atom is 0.279 e. The van der Waals surface area contributed by atoms with Crippen molar-refractivity contribution in [3.05, 3.63) is 86.0 Å². The predicted octanol–water partition coefficient (Wildman–Crippen LogP) is 4.72. The first-order valence-electron chi connectivity index (χ1n) is 10.1. The van der Waals surface area contributed by atoms with E-state index in [-0.39, 0.29) is 57.2 Å². The molecule has 33 heavy (non-hydrogen) atoms. The van der Waals surface area contributed by atoms with Crippen molar-refractivity contribution in [1.29, 1.82) is 0 Å². The minimum atomic E-state index is -0.627. The molecule has 0 saturated heterocycles. The molecule has 0 radical (unpaired) electrons. The van der Waals surface area contributed by atoms with Crippen LogP contribution < -0.4 is 5.56 Å². The van der Waals surface area contributed by atoms with Crippen molar-refractivity contribution < 1.29 is 19.8 Å². The Morgan fingerprint density at radius 2 is 1.64 bits per heavy atom. The normalized spacial score (nSPS) is 12.5. The average Bonchev–Trinajstić information content (AvgIpc) is 2.80. The van der Waals surface area contributed by atoms with Crippen LogP contribution in [0, 0.1) is 13.5 Å². The van der Waals surface area contributed by atoms with E-state index in [4.69, 9.17) is 6.57 Å². The fourth-order valence-corrected chi connectivity index (χ4v) is 3.87. The summed E-state index contributed by atoms with van der Waals surface area (Å²) in [7, 11) is 0. The SMILES string of the molecule is [C-]#[N+]c1c(C)c(N=Nc2cccc3c2C(=O)c2c(O)cccc2C3=O)c(=O)n(CCC)c1O. The molecule has 4 rings (SSSR count). The maximum atomic E-state index is 13.2. The maximum absolute atomic E-state index is 13.2. The topological polar surface area (TPSA) is 126 Å². The van der Waals surface area contributed by atoms with Crippen molar-refractivity contribution in [3.8, 4) is 11.6 Å². The number of phenolic OH excluding ortho intramolecular Hbond substituents is 1. The van der Waals surface area contributed by atoms with E-state index in [0.29, 0.717) is 6.42 Å². The number of fused-ring (bicyclic) bond motifs is 2. The number of carbonyl (C=O) groups excluding carboxylic acids is 2. The Bertz CT molecular complexity index is 1480. The summed E-state index contributed by atoms with van der Waals surface area (Å²) in [6.07, 6.45) is 0.538. The molecule has 1 aliphatic rings. The number of hydrogen-bond acceptors (Lipinski definition) is 7. The van der Waals surface area contributed by atoms with Gasteiger partial charge < -0.3 is 10.2 Å². The second kappa shape index (κ2) is 8.16. The Balaban J connectivity index is 1.90. The lowest BCUT2D eigenvalue weighted by Crippen LogP contribution is -2.21. The predicted molar refractivity (Wildman–Crippen MR) is 119 cm³/mol.